The summed E-state index contributed by atoms with van der Waals surface area (Å²) >= 11 is 0. The van der Waals surface area contributed by atoms with Crippen molar-refractivity contribution < 1.29 is 14.3 Å². The molecule has 0 N–H and O–H groups in total. The number of allylic oxidation sites excluding steroid dienone is 1. The third kappa shape index (κ3) is 7.99. The molecular weight excluding hydrogens is 348 g/mol. The Kier molecular flexibility index (Phi) is 11.4. The van der Waals surface area contributed by atoms with E-state index in [1.165, 1.54) is 44.9 Å². The Morgan fingerprint density at radius 3 is 2.46 bits per heavy atom. The number of rotatable bonds is 13. The van der Waals surface area contributed by atoms with Crippen molar-refractivity contribution in [2.24, 2.45) is 5.41 Å². The van der Waals surface area contributed by atoms with Crippen LogP contribution in [0.4, 0.5) is 0 Å². The average molecular weight is 393 g/mol. The van der Waals surface area contributed by atoms with Crippen molar-refractivity contribution in [3.8, 4) is 0 Å². The van der Waals surface area contributed by atoms with Crippen molar-refractivity contribution in [1.82, 2.24) is 0 Å². The van der Waals surface area contributed by atoms with E-state index in [9.17, 15) is 4.79 Å². The molecule has 2 aliphatic rings. The van der Waals surface area contributed by atoms with Crippen molar-refractivity contribution >= 4 is 5.78 Å². The molecule has 0 aromatic heterocycles. The molecule has 2 rings (SSSR count). The molecule has 1 heterocycles. The molecular formula is C25H44O3. The molecule has 162 valence electrons. The van der Waals surface area contributed by atoms with Gasteiger partial charge in [-0.2, -0.15) is 0 Å². The van der Waals surface area contributed by atoms with Crippen LogP contribution in [0.25, 0.3) is 0 Å². The Hall–Kier alpha value is -0.670. The normalized spacial score (nSPS) is 23.7. The number of hydrogen-bond acceptors (Lipinski definition) is 3. The summed E-state index contributed by atoms with van der Waals surface area (Å²) in [5.41, 5.74) is 0.0210. The lowest BCUT2D eigenvalue weighted by Gasteiger charge is -2.43. The maximum Gasteiger partial charge on any atom is 0.157 e. The van der Waals surface area contributed by atoms with Crippen molar-refractivity contribution in [1.29, 1.82) is 0 Å². The molecule has 0 radical (unpaired) electrons. The number of ether oxygens (including phenoxy) is 2. The van der Waals surface area contributed by atoms with Crippen molar-refractivity contribution in [3.63, 3.8) is 0 Å². The van der Waals surface area contributed by atoms with Crippen LogP contribution in [0.2, 0.25) is 0 Å². The number of ketones is 1. The van der Waals surface area contributed by atoms with Gasteiger partial charge in [-0.15, -0.1) is 0 Å². The topological polar surface area (TPSA) is 35.5 Å². The second-order valence-electron chi connectivity index (χ2n) is 8.97. The molecule has 0 spiro atoms. The van der Waals surface area contributed by atoms with Crippen LogP contribution >= 0.6 is 0 Å². The zero-order valence-electron chi connectivity index (χ0n) is 18.6. The van der Waals surface area contributed by atoms with Crippen LogP contribution < -0.4 is 0 Å². The number of hydrogen-bond donors (Lipinski definition) is 0. The third-order valence-electron chi connectivity index (χ3n) is 6.58. The van der Waals surface area contributed by atoms with Gasteiger partial charge in [-0.1, -0.05) is 71.3 Å². The maximum atomic E-state index is 12.4. The molecule has 0 aromatic rings. The van der Waals surface area contributed by atoms with Gasteiger partial charge in [-0.05, 0) is 51.0 Å². The van der Waals surface area contributed by atoms with E-state index in [0.29, 0.717) is 12.2 Å². The highest BCUT2D eigenvalue weighted by Gasteiger charge is 2.39. The summed E-state index contributed by atoms with van der Waals surface area (Å²) in [6, 6.07) is 0. The van der Waals surface area contributed by atoms with Crippen LogP contribution in [-0.4, -0.2) is 24.8 Å². The summed E-state index contributed by atoms with van der Waals surface area (Å²) in [6.45, 7) is 5.26. The first kappa shape index (κ1) is 23.6. The highest BCUT2D eigenvalue weighted by molar-refractivity contribution is 5.89. The Labute approximate surface area is 173 Å². The second-order valence-corrected chi connectivity index (χ2v) is 8.97. The Morgan fingerprint density at radius 1 is 1.04 bits per heavy atom. The van der Waals surface area contributed by atoms with Crippen LogP contribution in [0, 0.1) is 5.41 Å². The minimum atomic E-state index is -0.0483. The molecule has 0 bridgehead atoms. The maximum absolute atomic E-state index is 12.4. The minimum absolute atomic E-state index is 0.0210. The van der Waals surface area contributed by atoms with Crippen LogP contribution in [-0.2, 0) is 14.3 Å². The first-order valence-corrected chi connectivity index (χ1v) is 12.2. The summed E-state index contributed by atoms with van der Waals surface area (Å²) in [6.07, 6.45) is 22.5. The SMILES string of the molecule is CCCCCC(=O)C=CC1(C(CCCCC)OC2CCCCO2)CCCCC1. The lowest BCUT2D eigenvalue weighted by molar-refractivity contribution is -0.212. The Morgan fingerprint density at radius 2 is 1.79 bits per heavy atom. The van der Waals surface area contributed by atoms with Gasteiger partial charge in [0.05, 0.1) is 6.10 Å². The molecule has 3 heteroatoms. The van der Waals surface area contributed by atoms with Crippen molar-refractivity contribution in [3.05, 3.63) is 12.2 Å². The zero-order valence-corrected chi connectivity index (χ0v) is 18.6. The quantitative estimate of drug-likeness (QED) is 0.247. The van der Waals surface area contributed by atoms with Crippen LogP contribution in [0.1, 0.15) is 117 Å². The highest BCUT2D eigenvalue weighted by atomic mass is 16.7. The molecule has 2 atom stereocenters. The van der Waals surface area contributed by atoms with E-state index in [-0.39, 0.29) is 17.8 Å². The average Bonchev–Trinajstić information content (AvgIpc) is 2.73. The lowest BCUT2D eigenvalue weighted by Crippen LogP contribution is -2.41. The number of carbonyl (C=O) groups excluding carboxylic acids is 1. The largest absolute Gasteiger partial charge is 0.353 e. The summed E-state index contributed by atoms with van der Waals surface area (Å²) in [5, 5.41) is 0. The van der Waals surface area contributed by atoms with E-state index >= 15 is 0 Å². The molecule has 28 heavy (non-hydrogen) atoms. The van der Waals surface area contributed by atoms with Gasteiger partial charge in [0.1, 0.15) is 0 Å². The van der Waals surface area contributed by atoms with E-state index in [1.54, 1.807) is 0 Å². The van der Waals surface area contributed by atoms with Crippen molar-refractivity contribution in [2.75, 3.05) is 6.61 Å². The number of unbranched alkanes of at least 4 members (excludes halogenated alkanes) is 4. The summed E-state index contributed by atoms with van der Waals surface area (Å²) in [4.78, 5) is 12.4. The lowest BCUT2D eigenvalue weighted by atomic mass is 9.68. The van der Waals surface area contributed by atoms with E-state index < -0.39 is 0 Å². The fourth-order valence-electron chi connectivity index (χ4n) is 4.77. The first-order valence-electron chi connectivity index (χ1n) is 12.2. The molecule has 2 unspecified atom stereocenters. The van der Waals surface area contributed by atoms with Crippen LogP contribution in [0.5, 0.6) is 0 Å². The Bertz CT molecular complexity index is 445. The molecule has 0 amide bonds. The fraction of sp³-hybridized carbons (Fsp3) is 0.880. The molecule has 1 aliphatic carbocycles. The van der Waals surface area contributed by atoms with Gasteiger partial charge in [0.15, 0.2) is 12.1 Å². The van der Waals surface area contributed by atoms with Gasteiger partial charge >= 0.3 is 0 Å². The van der Waals surface area contributed by atoms with Gasteiger partial charge in [0.25, 0.3) is 0 Å². The molecule has 0 aromatic carbocycles. The Balaban J connectivity index is 2.08. The molecule has 1 saturated heterocycles. The summed E-state index contributed by atoms with van der Waals surface area (Å²) in [7, 11) is 0. The van der Waals surface area contributed by atoms with Gasteiger partial charge in [-0.3, -0.25) is 4.79 Å². The van der Waals surface area contributed by atoms with Gasteiger partial charge in [0.2, 0.25) is 0 Å². The standard InChI is InChI=1S/C25H44O3/c1-3-5-8-14-22(26)17-20-25(18-11-7-12-19-25)23(15-9-6-4-2)28-24-16-10-13-21-27-24/h17,20,23-24H,3-16,18-19,21H2,1-2H3. The summed E-state index contributed by atoms with van der Waals surface area (Å²) in [5.74, 6) is 0.291. The van der Waals surface area contributed by atoms with E-state index in [4.69, 9.17) is 9.47 Å². The molecule has 3 nitrogen and oxygen atoms in total. The van der Waals surface area contributed by atoms with Crippen molar-refractivity contribution in [2.45, 2.75) is 129 Å². The van der Waals surface area contributed by atoms with Gasteiger partial charge in [0, 0.05) is 18.4 Å². The fourth-order valence-corrected chi connectivity index (χ4v) is 4.77. The monoisotopic (exact) mass is 392 g/mol. The van der Waals surface area contributed by atoms with Gasteiger partial charge < -0.3 is 9.47 Å². The molecule has 2 fully saturated rings. The third-order valence-corrected chi connectivity index (χ3v) is 6.58. The second kappa shape index (κ2) is 13.5. The molecule has 1 saturated carbocycles. The highest BCUT2D eigenvalue weighted by Crippen LogP contribution is 2.44. The van der Waals surface area contributed by atoms with E-state index in [1.807, 2.05) is 6.08 Å². The van der Waals surface area contributed by atoms with Gasteiger partial charge in [-0.25, -0.2) is 0 Å². The minimum Gasteiger partial charge on any atom is -0.353 e. The molecule has 1 aliphatic heterocycles. The number of carbonyl (C=O) groups is 1. The predicted octanol–water partition coefficient (Wildman–Crippen LogP) is 7.13. The zero-order chi connectivity index (χ0) is 20.1. The first-order chi connectivity index (χ1) is 13.7. The van der Waals surface area contributed by atoms with Crippen LogP contribution in [0.3, 0.4) is 0 Å². The van der Waals surface area contributed by atoms with E-state index in [2.05, 4.69) is 19.9 Å². The van der Waals surface area contributed by atoms with Crippen LogP contribution in [0.15, 0.2) is 12.2 Å². The van der Waals surface area contributed by atoms with E-state index in [0.717, 1.165) is 58.0 Å². The smallest absolute Gasteiger partial charge is 0.157 e. The summed E-state index contributed by atoms with van der Waals surface area (Å²) < 4.78 is 12.6. The predicted molar refractivity (Wildman–Crippen MR) is 116 cm³/mol.